The lowest BCUT2D eigenvalue weighted by atomic mass is 10.0. The third-order valence-corrected chi connectivity index (χ3v) is 6.18. The Hall–Kier alpha value is -3.01. The van der Waals surface area contributed by atoms with Crippen LogP contribution in [0.5, 0.6) is 0 Å². The molecule has 0 aromatic heterocycles. The van der Waals surface area contributed by atoms with E-state index >= 15 is 0 Å². The largest absolute Gasteiger partial charge is 0.376 e. The molecular formula is C24H27ClFN5O3. The summed E-state index contributed by atoms with van der Waals surface area (Å²) >= 11 is 6.38. The minimum atomic E-state index is -0.737. The highest BCUT2D eigenvalue weighted by Gasteiger charge is 2.33. The maximum atomic E-state index is 14.8. The lowest BCUT2D eigenvalue weighted by Gasteiger charge is -2.38. The molecule has 4 rings (SSSR count). The van der Waals surface area contributed by atoms with E-state index in [4.69, 9.17) is 16.3 Å². The van der Waals surface area contributed by atoms with Crippen molar-refractivity contribution in [2.75, 3.05) is 31.3 Å². The molecule has 0 aliphatic carbocycles. The number of anilines is 1. The van der Waals surface area contributed by atoms with Gasteiger partial charge in [-0.05, 0) is 38.1 Å². The number of nitrogens with one attached hydrogen (secondary N) is 2. The van der Waals surface area contributed by atoms with Gasteiger partial charge >= 0.3 is 0 Å². The normalized spacial score (nSPS) is 22.1. The zero-order valence-electron chi connectivity index (χ0n) is 19.0. The Labute approximate surface area is 202 Å². The molecule has 3 atom stereocenters. The maximum Gasteiger partial charge on any atom is 0.288 e. The third-order valence-electron chi connectivity index (χ3n) is 5.85. The molecule has 10 heteroatoms. The highest BCUT2D eigenvalue weighted by molar-refractivity contribution is 6.39. The number of hydrazine groups is 1. The molecule has 0 spiro atoms. The molecule has 0 saturated carbocycles. The van der Waals surface area contributed by atoms with E-state index in [2.05, 4.69) is 20.6 Å². The molecular weight excluding hydrogens is 461 g/mol. The number of carbonyl (C=O) groups excluding carboxylic acids is 2. The van der Waals surface area contributed by atoms with Gasteiger partial charge < -0.3 is 10.1 Å². The number of amides is 2. The van der Waals surface area contributed by atoms with Gasteiger partial charge in [-0.3, -0.25) is 19.9 Å². The lowest BCUT2D eigenvalue weighted by molar-refractivity contribution is -0.120. The minimum Gasteiger partial charge on any atom is -0.376 e. The van der Waals surface area contributed by atoms with Crippen LogP contribution in [-0.4, -0.2) is 60.9 Å². The summed E-state index contributed by atoms with van der Waals surface area (Å²) in [6, 6.07) is 12.3. The molecule has 3 unspecified atom stereocenters. The smallest absolute Gasteiger partial charge is 0.288 e. The average molecular weight is 488 g/mol. The van der Waals surface area contributed by atoms with Gasteiger partial charge in [-0.25, -0.2) is 14.4 Å². The number of para-hydroxylation sites is 1. The topological polar surface area (TPSA) is 86.3 Å². The fourth-order valence-corrected chi connectivity index (χ4v) is 4.44. The van der Waals surface area contributed by atoms with Gasteiger partial charge in [0.15, 0.2) is 0 Å². The van der Waals surface area contributed by atoms with E-state index in [9.17, 15) is 14.0 Å². The second kappa shape index (κ2) is 10.5. The van der Waals surface area contributed by atoms with E-state index in [0.29, 0.717) is 36.0 Å². The SMILES string of the molecule is CC1CN(C(CNC(=O)C2=NC(C)C(=O)N(c3ccccc3)N2)c2c(F)cccc2Cl)CCO1. The molecule has 0 bridgehead atoms. The van der Waals surface area contributed by atoms with Crippen molar-refractivity contribution in [1.82, 2.24) is 15.6 Å². The van der Waals surface area contributed by atoms with Crippen molar-refractivity contribution in [3.05, 3.63) is 64.9 Å². The number of nitrogens with zero attached hydrogens (tertiary/aromatic N) is 3. The highest BCUT2D eigenvalue weighted by Crippen LogP contribution is 2.31. The molecule has 2 aliphatic rings. The zero-order valence-corrected chi connectivity index (χ0v) is 19.8. The lowest BCUT2D eigenvalue weighted by Crippen LogP contribution is -2.58. The standard InChI is InChI=1S/C24H27ClFN5O3/c1-15-14-30(11-12-34-15)20(21-18(25)9-6-10-19(21)26)13-27-23(32)22-28-16(2)24(33)31(29-22)17-7-4-3-5-8-17/h3-10,15-16,20H,11-14H2,1-2H3,(H,27,32)(H,28,29). The van der Waals surface area contributed by atoms with Gasteiger partial charge in [0.1, 0.15) is 11.9 Å². The minimum absolute atomic E-state index is 0.00433. The third kappa shape index (κ3) is 5.22. The molecule has 1 fully saturated rings. The van der Waals surface area contributed by atoms with Crippen molar-refractivity contribution in [3.8, 4) is 0 Å². The van der Waals surface area contributed by atoms with Crippen LogP contribution in [-0.2, 0) is 14.3 Å². The highest BCUT2D eigenvalue weighted by atomic mass is 35.5. The average Bonchev–Trinajstić information content (AvgIpc) is 2.83. The molecule has 2 heterocycles. The first-order valence-electron chi connectivity index (χ1n) is 11.2. The summed E-state index contributed by atoms with van der Waals surface area (Å²) in [4.78, 5) is 31.9. The van der Waals surface area contributed by atoms with Crippen LogP contribution in [0.1, 0.15) is 25.5 Å². The predicted octanol–water partition coefficient (Wildman–Crippen LogP) is 2.70. The summed E-state index contributed by atoms with van der Waals surface area (Å²) in [5.41, 5.74) is 3.73. The number of halogens is 2. The number of benzene rings is 2. The van der Waals surface area contributed by atoms with Crippen LogP contribution in [0.3, 0.4) is 0 Å². The Morgan fingerprint density at radius 2 is 2.03 bits per heavy atom. The first kappa shape index (κ1) is 24.1. The number of hydrogen-bond donors (Lipinski definition) is 2. The van der Waals surface area contributed by atoms with Crippen molar-refractivity contribution in [2.24, 2.45) is 4.99 Å². The number of hydrogen-bond acceptors (Lipinski definition) is 6. The fraction of sp³-hybridized carbons (Fsp3) is 0.375. The van der Waals surface area contributed by atoms with E-state index in [-0.39, 0.29) is 24.4 Å². The number of ether oxygens (including phenoxy) is 1. The Balaban J connectivity index is 1.53. The van der Waals surface area contributed by atoms with Gasteiger partial charge in [0.2, 0.25) is 5.84 Å². The van der Waals surface area contributed by atoms with Gasteiger partial charge in [0.25, 0.3) is 11.8 Å². The molecule has 2 aromatic rings. The van der Waals surface area contributed by atoms with Crippen molar-refractivity contribution in [3.63, 3.8) is 0 Å². The monoisotopic (exact) mass is 487 g/mol. The first-order valence-corrected chi connectivity index (χ1v) is 11.5. The zero-order chi connectivity index (χ0) is 24.2. The van der Waals surface area contributed by atoms with Crippen LogP contribution in [0, 0.1) is 5.82 Å². The molecule has 0 radical (unpaired) electrons. The predicted molar refractivity (Wildman–Crippen MR) is 128 cm³/mol. The summed E-state index contributed by atoms with van der Waals surface area (Å²) in [6.07, 6.45) is -0.0341. The fourth-order valence-electron chi connectivity index (χ4n) is 4.15. The van der Waals surface area contributed by atoms with E-state index in [1.54, 1.807) is 43.3 Å². The summed E-state index contributed by atoms with van der Waals surface area (Å²) < 4.78 is 20.5. The Morgan fingerprint density at radius 3 is 2.74 bits per heavy atom. The van der Waals surface area contributed by atoms with Crippen molar-refractivity contribution < 1.29 is 18.7 Å². The molecule has 8 nitrogen and oxygen atoms in total. The van der Waals surface area contributed by atoms with Gasteiger partial charge in [-0.15, -0.1) is 0 Å². The van der Waals surface area contributed by atoms with Crippen molar-refractivity contribution >= 4 is 34.9 Å². The molecule has 2 aliphatic heterocycles. The van der Waals surface area contributed by atoms with Crippen molar-refractivity contribution in [2.45, 2.75) is 32.0 Å². The number of aliphatic imine (C=N–C) groups is 1. The van der Waals surface area contributed by atoms with Gasteiger partial charge in [0.05, 0.1) is 24.4 Å². The second-order valence-corrected chi connectivity index (χ2v) is 8.72. The molecule has 180 valence electrons. The van der Waals surface area contributed by atoms with Gasteiger partial charge in [-0.1, -0.05) is 35.9 Å². The Bertz CT molecular complexity index is 1060. The van der Waals surface area contributed by atoms with Gasteiger partial charge in [0, 0.05) is 30.2 Å². The van der Waals surface area contributed by atoms with Crippen LogP contribution in [0.15, 0.2) is 53.5 Å². The molecule has 34 heavy (non-hydrogen) atoms. The second-order valence-electron chi connectivity index (χ2n) is 8.31. The maximum absolute atomic E-state index is 14.8. The summed E-state index contributed by atoms with van der Waals surface area (Å²) in [5.74, 6) is -1.21. The van der Waals surface area contributed by atoms with Gasteiger partial charge in [-0.2, -0.15) is 0 Å². The van der Waals surface area contributed by atoms with E-state index in [0.717, 1.165) is 0 Å². The number of rotatable bonds is 6. The number of carbonyl (C=O) groups is 2. The van der Waals surface area contributed by atoms with Crippen LogP contribution in [0.25, 0.3) is 0 Å². The summed E-state index contributed by atoms with van der Waals surface area (Å²) in [7, 11) is 0. The van der Waals surface area contributed by atoms with E-state index in [1.165, 1.54) is 11.1 Å². The Morgan fingerprint density at radius 1 is 1.26 bits per heavy atom. The Kier molecular flexibility index (Phi) is 7.45. The molecule has 2 amide bonds. The molecule has 1 saturated heterocycles. The van der Waals surface area contributed by atoms with Crippen LogP contribution in [0.2, 0.25) is 5.02 Å². The van der Waals surface area contributed by atoms with Crippen molar-refractivity contribution in [1.29, 1.82) is 0 Å². The number of morpholine rings is 1. The first-order chi connectivity index (χ1) is 16.3. The van der Waals surface area contributed by atoms with E-state index in [1.807, 2.05) is 13.0 Å². The number of amidine groups is 1. The quantitative estimate of drug-likeness (QED) is 0.654. The van der Waals surface area contributed by atoms with Crippen LogP contribution >= 0.6 is 11.6 Å². The summed E-state index contributed by atoms with van der Waals surface area (Å²) in [6.45, 7) is 5.31. The summed E-state index contributed by atoms with van der Waals surface area (Å²) in [5, 5.41) is 4.45. The van der Waals surface area contributed by atoms with E-state index < -0.39 is 23.8 Å². The van der Waals surface area contributed by atoms with Crippen LogP contribution in [0.4, 0.5) is 10.1 Å². The molecule has 2 aromatic carbocycles. The van der Waals surface area contributed by atoms with Crippen LogP contribution < -0.4 is 15.8 Å². The molecule has 2 N–H and O–H groups in total.